The molecule has 20 heavy (non-hydrogen) atoms. The molecule has 0 unspecified atom stereocenters. The summed E-state index contributed by atoms with van der Waals surface area (Å²) in [6.07, 6.45) is 5.26. The molecule has 0 atom stereocenters. The Morgan fingerprint density at radius 3 is 2.55 bits per heavy atom. The molecule has 0 bridgehead atoms. The topological polar surface area (TPSA) is 24.5 Å². The van der Waals surface area contributed by atoms with E-state index in [0.29, 0.717) is 10.6 Å². The molecule has 2 rings (SSSR count). The van der Waals surface area contributed by atoms with Gasteiger partial charge in [-0.25, -0.2) is 0 Å². The fourth-order valence-electron chi connectivity index (χ4n) is 3.07. The zero-order valence-electron chi connectivity index (χ0n) is 12.7. The highest BCUT2D eigenvalue weighted by molar-refractivity contribution is 6.32. The van der Waals surface area contributed by atoms with E-state index in [1.165, 1.54) is 31.2 Å². The molecule has 3 nitrogen and oxygen atoms in total. The SMILES string of the molecule is COc1ccc(CNCC2(N(C)C)CCCC2)cc1Cl. The lowest BCUT2D eigenvalue weighted by molar-refractivity contribution is 0.153. The molecule has 0 heterocycles. The Labute approximate surface area is 127 Å². The molecule has 1 aromatic rings. The molecule has 0 radical (unpaired) electrons. The summed E-state index contributed by atoms with van der Waals surface area (Å²) in [7, 11) is 6.02. The van der Waals surface area contributed by atoms with Crippen molar-refractivity contribution < 1.29 is 4.74 Å². The second-order valence-corrected chi connectivity index (χ2v) is 6.31. The number of hydrogen-bond acceptors (Lipinski definition) is 3. The van der Waals surface area contributed by atoms with Crippen molar-refractivity contribution in [3.8, 4) is 5.75 Å². The molecule has 1 saturated carbocycles. The molecule has 0 aliphatic heterocycles. The predicted octanol–water partition coefficient (Wildman–Crippen LogP) is 3.31. The number of nitrogens with one attached hydrogen (secondary N) is 1. The van der Waals surface area contributed by atoms with Crippen molar-refractivity contribution in [1.29, 1.82) is 0 Å². The lowest BCUT2D eigenvalue weighted by Crippen LogP contribution is -2.49. The molecule has 1 fully saturated rings. The van der Waals surface area contributed by atoms with Crippen LogP contribution in [0, 0.1) is 0 Å². The normalized spacial score (nSPS) is 17.6. The summed E-state index contributed by atoms with van der Waals surface area (Å²) >= 11 is 6.15. The third kappa shape index (κ3) is 3.46. The molecule has 4 heteroatoms. The molecule has 0 spiro atoms. The van der Waals surface area contributed by atoms with Crippen LogP contribution in [0.5, 0.6) is 5.75 Å². The zero-order valence-corrected chi connectivity index (χ0v) is 13.5. The first-order chi connectivity index (χ1) is 9.57. The van der Waals surface area contributed by atoms with Crippen LogP contribution in [0.4, 0.5) is 0 Å². The van der Waals surface area contributed by atoms with Gasteiger partial charge in [-0.05, 0) is 44.6 Å². The van der Waals surface area contributed by atoms with Crippen LogP contribution >= 0.6 is 11.6 Å². The number of halogens is 1. The minimum absolute atomic E-state index is 0.330. The maximum atomic E-state index is 6.15. The van der Waals surface area contributed by atoms with Crippen molar-refractivity contribution in [2.24, 2.45) is 0 Å². The van der Waals surface area contributed by atoms with Crippen LogP contribution in [0.3, 0.4) is 0 Å². The van der Waals surface area contributed by atoms with Crippen molar-refractivity contribution in [3.63, 3.8) is 0 Å². The van der Waals surface area contributed by atoms with Crippen LogP contribution in [0.25, 0.3) is 0 Å². The highest BCUT2D eigenvalue weighted by Gasteiger charge is 2.35. The Morgan fingerprint density at radius 1 is 1.30 bits per heavy atom. The van der Waals surface area contributed by atoms with Gasteiger partial charge < -0.3 is 15.0 Å². The van der Waals surface area contributed by atoms with E-state index in [2.05, 4.69) is 30.4 Å². The number of rotatable bonds is 6. The van der Waals surface area contributed by atoms with Gasteiger partial charge in [0.2, 0.25) is 0 Å². The summed E-state index contributed by atoms with van der Waals surface area (Å²) in [5, 5.41) is 4.27. The molecule has 1 aliphatic rings. The third-order valence-corrected chi connectivity index (χ3v) is 4.78. The summed E-state index contributed by atoms with van der Waals surface area (Å²) in [4.78, 5) is 2.38. The quantitative estimate of drug-likeness (QED) is 0.871. The second kappa shape index (κ2) is 6.79. The van der Waals surface area contributed by atoms with Gasteiger partial charge in [-0.1, -0.05) is 30.5 Å². The molecule has 0 amide bonds. The molecule has 112 valence electrons. The minimum atomic E-state index is 0.330. The van der Waals surface area contributed by atoms with Crippen LogP contribution < -0.4 is 10.1 Å². The Balaban J connectivity index is 1.90. The van der Waals surface area contributed by atoms with Crippen LogP contribution in [0.15, 0.2) is 18.2 Å². The Hall–Kier alpha value is -0.770. The Morgan fingerprint density at radius 2 is 2.00 bits per heavy atom. The molecule has 0 saturated heterocycles. The minimum Gasteiger partial charge on any atom is -0.495 e. The number of hydrogen-bond donors (Lipinski definition) is 1. The summed E-state index contributed by atoms with van der Waals surface area (Å²) < 4.78 is 5.17. The van der Waals surface area contributed by atoms with Gasteiger partial charge in [0, 0.05) is 18.6 Å². The van der Waals surface area contributed by atoms with Crippen LogP contribution in [-0.4, -0.2) is 38.2 Å². The van der Waals surface area contributed by atoms with Crippen molar-refractivity contribution in [1.82, 2.24) is 10.2 Å². The largest absolute Gasteiger partial charge is 0.495 e. The first-order valence-corrected chi connectivity index (χ1v) is 7.66. The molecule has 1 aromatic carbocycles. The van der Waals surface area contributed by atoms with Gasteiger partial charge >= 0.3 is 0 Å². The summed E-state index contributed by atoms with van der Waals surface area (Å²) in [6, 6.07) is 5.97. The maximum absolute atomic E-state index is 6.15. The van der Waals surface area contributed by atoms with E-state index in [0.717, 1.165) is 18.8 Å². The summed E-state index contributed by atoms with van der Waals surface area (Å²) in [6.45, 7) is 1.88. The summed E-state index contributed by atoms with van der Waals surface area (Å²) in [5.74, 6) is 0.732. The average Bonchev–Trinajstić information content (AvgIpc) is 2.89. The fraction of sp³-hybridized carbons (Fsp3) is 0.625. The first-order valence-electron chi connectivity index (χ1n) is 7.28. The third-order valence-electron chi connectivity index (χ3n) is 4.48. The lowest BCUT2D eigenvalue weighted by Gasteiger charge is -2.36. The average molecular weight is 297 g/mol. The fourth-order valence-corrected chi connectivity index (χ4v) is 3.35. The van der Waals surface area contributed by atoms with Crippen molar-refractivity contribution in [2.45, 2.75) is 37.8 Å². The van der Waals surface area contributed by atoms with Crippen molar-refractivity contribution >= 4 is 11.6 Å². The maximum Gasteiger partial charge on any atom is 0.137 e. The van der Waals surface area contributed by atoms with E-state index >= 15 is 0 Å². The molecule has 1 aliphatic carbocycles. The van der Waals surface area contributed by atoms with Gasteiger partial charge in [0.05, 0.1) is 12.1 Å². The Kier molecular flexibility index (Phi) is 5.30. The molecule has 1 N–H and O–H groups in total. The van der Waals surface area contributed by atoms with E-state index in [-0.39, 0.29) is 0 Å². The Bertz CT molecular complexity index is 442. The zero-order chi connectivity index (χ0) is 14.6. The monoisotopic (exact) mass is 296 g/mol. The van der Waals surface area contributed by atoms with Crippen LogP contribution in [0.1, 0.15) is 31.2 Å². The van der Waals surface area contributed by atoms with Gasteiger partial charge in [0.15, 0.2) is 0 Å². The second-order valence-electron chi connectivity index (χ2n) is 5.90. The van der Waals surface area contributed by atoms with Crippen LogP contribution in [-0.2, 0) is 6.54 Å². The standard InChI is InChI=1S/C16H25ClN2O/c1-19(2)16(8-4-5-9-16)12-18-11-13-6-7-15(20-3)14(17)10-13/h6-7,10,18H,4-5,8-9,11-12H2,1-3H3. The molecular formula is C16H25ClN2O. The van der Waals surface area contributed by atoms with Gasteiger partial charge in [-0.3, -0.25) is 0 Å². The lowest BCUT2D eigenvalue weighted by atomic mass is 9.96. The number of nitrogens with zero attached hydrogens (tertiary/aromatic N) is 1. The molecule has 0 aromatic heterocycles. The van der Waals surface area contributed by atoms with E-state index in [1.807, 2.05) is 12.1 Å². The van der Waals surface area contributed by atoms with Gasteiger partial charge in [-0.15, -0.1) is 0 Å². The smallest absolute Gasteiger partial charge is 0.137 e. The molecular weight excluding hydrogens is 272 g/mol. The van der Waals surface area contributed by atoms with E-state index < -0.39 is 0 Å². The van der Waals surface area contributed by atoms with Crippen molar-refractivity contribution in [2.75, 3.05) is 27.7 Å². The van der Waals surface area contributed by atoms with E-state index in [4.69, 9.17) is 16.3 Å². The van der Waals surface area contributed by atoms with E-state index in [9.17, 15) is 0 Å². The van der Waals surface area contributed by atoms with Crippen molar-refractivity contribution in [3.05, 3.63) is 28.8 Å². The highest BCUT2D eigenvalue weighted by atomic mass is 35.5. The number of benzene rings is 1. The highest BCUT2D eigenvalue weighted by Crippen LogP contribution is 2.33. The first kappa shape index (κ1) is 15.6. The predicted molar refractivity (Wildman–Crippen MR) is 84.6 cm³/mol. The van der Waals surface area contributed by atoms with Gasteiger partial charge in [0.1, 0.15) is 5.75 Å². The van der Waals surface area contributed by atoms with Gasteiger partial charge in [0.25, 0.3) is 0 Å². The number of ether oxygens (including phenoxy) is 1. The van der Waals surface area contributed by atoms with Gasteiger partial charge in [-0.2, -0.15) is 0 Å². The number of methoxy groups -OCH3 is 1. The van der Waals surface area contributed by atoms with Crippen LogP contribution in [0.2, 0.25) is 5.02 Å². The van der Waals surface area contributed by atoms with E-state index in [1.54, 1.807) is 7.11 Å². The summed E-state index contributed by atoms with van der Waals surface area (Å²) in [5.41, 5.74) is 1.53. The number of likely N-dealkylation sites (N-methyl/N-ethyl adjacent to an activating group) is 1.